The van der Waals surface area contributed by atoms with Crippen LogP contribution in [0.3, 0.4) is 0 Å². The lowest BCUT2D eigenvalue weighted by atomic mass is 10.3. The van der Waals surface area contributed by atoms with Crippen LogP contribution in [-0.4, -0.2) is 34.8 Å². The van der Waals surface area contributed by atoms with Crippen LogP contribution in [0.5, 0.6) is 0 Å². The van der Waals surface area contributed by atoms with Crippen molar-refractivity contribution < 1.29 is 4.79 Å². The van der Waals surface area contributed by atoms with E-state index in [4.69, 9.17) is 4.98 Å². The molecule has 31 heavy (non-hydrogen) atoms. The van der Waals surface area contributed by atoms with Gasteiger partial charge in [-0.3, -0.25) is 23.7 Å². The maximum absolute atomic E-state index is 12.5. The first-order chi connectivity index (χ1) is 15.3. The maximum atomic E-state index is 12.5. The lowest BCUT2D eigenvalue weighted by molar-refractivity contribution is 0.102. The van der Waals surface area contributed by atoms with Crippen LogP contribution in [0.4, 0.5) is 11.4 Å². The highest BCUT2D eigenvalue weighted by Gasteiger charge is 2.15. The SMILES string of the molecule is O=C(Nc1cccnc1)c1cn(-c2nc(CNc3cccnc3)c3ccccn23)cn1. The van der Waals surface area contributed by atoms with Crippen molar-refractivity contribution in [2.45, 2.75) is 6.54 Å². The first kappa shape index (κ1) is 18.5. The van der Waals surface area contributed by atoms with Gasteiger partial charge in [0.05, 0.1) is 35.3 Å². The van der Waals surface area contributed by atoms with Crippen molar-refractivity contribution in [1.82, 2.24) is 28.9 Å². The Bertz CT molecular complexity index is 1330. The third kappa shape index (κ3) is 3.84. The number of nitrogens with zero attached hydrogens (tertiary/aromatic N) is 6. The van der Waals surface area contributed by atoms with E-state index in [1.165, 1.54) is 0 Å². The molecule has 0 fully saturated rings. The highest BCUT2D eigenvalue weighted by Crippen LogP contribution is 2.18. The Kier molecular flexibility index (Phi) is 4.82. The molecular weight excluding hydrogens is 392 g/mol. The number of fused-ring (bicyclic) bond motifs is 1. The second-order valence-electron chi connectivity index (χ2n) is 6.77. The summed E-state index contributed by atoms with van der Waals surface area (Å²) in [4.78, 5) is 29.7. The Morgan fingerprint density at radius 2 is 1.77 bits per heavy atom. The molecule has 5 rings (SSSR count). The van der Waals surface area contributed by atoms with Crippen LogP contribution in [0, 0.1) is 0 Å². The normalized spacial score (nSPS) is 10.8. The van der Waals surface area contributed by atoms with Crippen LogP contribution in [0.1, 0.15) is 16.2 Å². The molecule has 2 N–H and O–H groups in total. The largest absolute Gasteiger partial charge is 0.378 e. The van der Waals surface area contributed by atoms with Crippen molar-refractivity contribution in [3.63, 3.8) is 0 Å². The minimum atomic E-state index is -0.314. The number of hydrogen-bond donors (Lipinski definition) is 2. The molecule has 0 aromatic carbocycles. The topological polar surface area (TPSA) is 102 Å². The number of amides is 1. The molecule has 0 saturated carbocycles. The van der Waals surface area contributed by atoms with Crippen molar-refractivity contribution in [3.8, 4) is 5.95 Å². The molecule has 0 bridgehead atoms. The summed E-state index contributed by atoms with van der Waals surface area (Å²) < 4.78 is 3.70. The molecule has 0 saturated heterocycles. The molecule has 5 aromatic heterocycles. The summed E-state index contributed by atoms with van der Waals surface area (Å²) in [5, 5.41) is 6.12. The van der Waals surface area contributed by atoms with E-state index in [2.05, 4.69) is 25.6 Å². The third-order valence-corrected chi connectivity index (χ3v) is 4.69. The van der Waals surface area contributed by atoms with E-state index >= 15 is 0 Å². The van der Waals surface area contributed by atoms with E-state index < -0.39 is 0 Å². The molecule has 0 aliphatic carbocycles. The number of imidazole rings is 2. The fourth-order valence-electron chi connectivity index (χ4n) is 3.23. The van der Waals surface area contributed by atoms with Gasteiger partial charge in [0.25, 0.3) is 5.91 Å². The molecule has 1 amide bonds. The van der Waals surface area contributed by atoms with Crippen LogP contribution in [0.15, 0.2) is 86.0 Å². The van der Waals surface area contributed by atoms with Crippen molar-refractivity contribution >= 4 is 22.8 Å². The molecular formula is C22H18N8O. The van der Waals surface area contributed by atoms with Gasteiger partial charge in [-0.25, -0.2) is 9.97 Å². The van der Waals surface area contributed by atoms with Crippen LogP contribution in [0.2, 0.25) is 0 Å². The van der Waals surface area contributed by atoms with Gasteiger partial charge in [0.2, 0.25) is 5.95 Å². The van der Waals surface area contributed by atoms with Crippen molar-refractivity contribution in [2.24, 2.45) is 0 Å². The summed E-state index contributed by atoms with van der Waals surface area (Å²) >= 11 is 0. The molecule has 0 aliphatic heterocycles. The van der Waals surface area contributed by atoms with E-state index in [1.807, 2.05) is 40.9 Å². The smallest absolute Gasteiger partial charge is 0.275 e. The van der Waals surface area contributed by atoms with Gasteiger partial charge in [-0.1, -0.05) is 6.07 Å². The molecule has 0 atom stereocenters. The fraction of sp³-hybridized carbons (Fsp3) is 0.0455. The number of anilines is 2. The monoisotopic (exact) mass is 410 g/mol. The minimum absolute atomic E-state index is 0.284. The lowest BCUT2D eigenvalue weighted by Crippen LogP contribution is -2.12. The average molecular weight is 410 g/mol. The highest BCUT2D eigenvalue weighted by molar-refractivity contribution is 6.02. The molecule has 5 aromatic rings. The number of carbonyl (C=O) groups excluding carboxylic acids is 1. The Morgan fingerprint density at radius 1 is 0.968 bits per heavy atom. The van der Waals surface area contributed by atoms with Crippen LogP contribution >= 0.6 is 0 Å². The molecule has 5 heterocycles. The molecule has 0 radical (unpaired) electrons. The summed E-state index contributed by atoms with van der Waals surface area (Å²) in [7, 11) is 0. The predicted molar refractivity (Wildman–Crippen MR) is 116 cm³/mol. The quantitative estimate of drug-likeness (QED) is 0.446. The Balaban J connectivity index is 1.42. The third-order valence-electron chi connectivity index (χ3n) is 4.69. The number of rotatable bonds is 6. The Labute approximate surface area is 177 Å². The van der Waals surface area contributed by atoms with Gasteiger partial charge in [-0.2, -0.15) is 0 Å². The first-order valence-electron chi connectivity index (χ1n) is 9.63. The standard InChI is InChI=1S/C22H18N8O/c31-21(27-17-6-4-9-24-12-17)19-14-29(15-26-19)22-28-18(20-7-1-2-10-30(20)22)13-25-16-5-3-8-23-11-16/h1-12,14-15,25H,13H2,(H,27,31). The molecule has 0 unspecified atom stereocenters. The second kappa shape index (κ2) is 8.07. The Hall–Kier alpha value is -4.53. The van der Waals surface area contributed by atoms with E-state index in [1.54, 1.807) is 54.0 Å². The predicted octanol–water partition coefficient (Wildman–Crippen LogP) is 3.17. The lowest BCUT2D eigenvalue weighted by Gasteiger charge is -2.03. The number of aromatic nitrogens is 6. The molecule has 152 valence electrons. The summed E-state index contributed by atoms with van der Waals surface area (Å²) in [6.45, 7) is 0.530. The molecule has 0 spiro atoms. The molecule has 0 aliphatic rings. The summed E-state index contributed by atoms with van der Waals surface area (Å²) in [5.74, 6) is 0.331. The Morgan fingerprint density at radius 3 is 2.55 bits per heavy atom. The average Bonchev–Trinajstić information content (AvgIpc) is 3.44. The number of hydrogen-bond acceptors (Lipinski definition) is 6. The fourth-order valence-corrected chi connectivity index (χ4v) is 3.23. The van der Waals surface area contributed by atoms with Gasteiger partial charge < -0.3 is 10.6 Å². The van der Waals surface area contributed by atoms with Gasteiger partial charge in [-0.05, 0) is 36.4 Å². The summed E-state index contributed by atoms with van der Waals surface area (Å²) in [6, 6.07) is 13.3. The zero-order valence-corrected chi connectivity index (χ0v) is 16.4. The number of carbonyl (C=O) groups is 1. The zero-order valence-electron chi connectivity index (χ0n) is 16.4. The van der Waals surface area contributed by atoms with E-state index in [0.717, 1.165) is 16.9 Å². The summed E-state index contributed by atoms with van der Waals surface area (Å²) in [6.07, 6.45) is 11.9. The van der Waals surface area contributed by atoms with Crippen LogP contribution < -0.4 is 10.6 Å². The zero-order chi connectivity index (χ0) is 21.0. The van der Waals surface area contributed by atoms with Crippen molar-refractivity contribution in [1.29, 1.82) is 0 Å². The summed E-state index contributed by atoms with van der Waals surface area (Å²) in [5.41, 5.74) is 3.64. The van der Waals surface area contributed by atoms with E-state index in [9.17, 15) is 4.79 Å². The minimum Gasteiger partial charge on any atom is -0.378 e. The van der Waals surface area contributed by atoms with Crippen molar-refractivity contribution in [2.75, 3.05) is 10.6 Å². The number of pyridine rings is 3. The van der Waals surface area contributed by atoms with E-state index in [-0.39, 0.29) is 11.6 Å². The second-order valence-corrected chi connectivity index (χ2v) is 6.77. The van der Waals surface area contributed by atoms with Crippen LogP contribution in [0.25, 0.3) is 11.5 Å². The van der Waals surface area contributed by atoms with Gasteiger partial charge in [0.15, 0.2) is 0 Å². The van der Waals surface area contributed by atoms with Gasteiger partial charge >= 0.3 is 0 Å². The maximum Gasteiger partial charge on any atom is 0.275 e. The molecule has 9 nitrogen and oxygen atoms in total. The molecule has 9 heteroatoms. The first-order valence-corrected chi connectivity index (χ1v) is 9.63. The highest BCUT2D eigenvalue weighted by atomic mass is 16.1. The van der Waals surface area contributed by atoms with E-state index in [0.29, 0.717) is 18.2 Å². The van der Waals surface area contributed by atoms with Gasteiger partial charge in [0.1, 0.15) is 12.0 Å². The van der Waals surface area contributed by atoms with Crippen molar-refractivity contribution in [3.05, 3.63) is 97.4 Å². The van der Waals surface area contributed by atoms with Crippen LogP contribution in [-0.2, 0) is 6.54 Å². The van der Waals surface area contributed by atoms with Gasteiger partial charge in [-0.15, -0.1) is 0 Å². The van der Waals surface area contributed by atoms with Gasteiger partial charge in [0, 0.05) is 31.0 Å². The number of nitrogens with one attached hydrogen (secondary N) is 2.